The Labute approximate surface area is 103 Å². The molecule has 1 unspecified atom stereocenters. The highest BCUT2D eigenvalue weighted by Crippen LogP contribution is 2.14. The summed E-state index contributed by atoms with van der Waals surface area (Å²) in [5.41, 5.74) is 0. The molecule has 1 atom stereocenters. The van der Waals surface area contributed by atoms with E-state index in [9.17, 15) is 9.59 Å². The van der Waals surface area contributed by atoms with Crippen LogP contribution in [0, 0.1) is 0 Å². The second-order valence-corrected chi connectivity index (χ2v) is 3.29. The van der Waals surface area contributed by atoms with E-state index in [4.69, 9.17) is 16.4 Å². The van der Waals surface area contributed by atoms with Gasteiger partial charge in [0.05, 0.1) is 20.4 Å². The predicted octanol–water partition coefficient (Wildman–Crippen LogP) is 0.0567. The third-order valence-corrected chi connectivity index (χ3v) is 2.04. The number of hydroxylamine groups is 2. The molecule has 0 aliphatic carbocycles. The van der Waals surface area contributed by atoms with E-state index < -0.39 is 18.0 Å². The van der Waals surface area contributed by atoms with E-state index in [-0.39, 0.29) is 11.8 Å². The van der Waals surface area contributed by atoms with Gasteiger partial charge >= 0.3 is 11.9 Å². The van der Waals surface area contributed by atoms with E-state index in [1.165, 1.54) is 26.6 Å². The van der Waals surface area contributed by atoms with Gasteiger partial charge in [-0.15, -0.1) is 0 Å². The summed E-state index contributed by atoms with van der Waals surface area (Å²) < 4.78 is 8.94. The Hall–Kier alpha value is -1.60. The van der Waals surface area contributed by atoms with Crippen LogP contribution in [0.25, 0.3) is 0 Å². The Morgan fingerprint density at radius 3 is 2.76 bits per heavy atom. The van der Waals surface area contributed by atoms with Crippen LogP contribution in [0.15, 0.2) is 16.3 Å². The second kappa shape index (κ2) is 6.21. The molecule has 1 heterocycles. The molecule has 0 aromatic heterocycles. The van der Waals surface area contributed by atoms with Crippen LogP contribution in [-0.2, 0) is 23.9 Å². The maximum Gasteiger partial charge on any atom is 0.336 e. The van der Waals surface area contributed by atoms with Crippen molar-refractivity contribution < 1.29 is 23.9 Å². The van der Waals surface area contributed by atoms with Gasteiger partial charge in [-0.1, -0.05) is 11.6 Å². The van der Waals surface area contributed by atoms with Crippen LogP contribution >= 0.6 is 11.6 Å². The molecule has 8 heteroatoms. The number of nitrogens with zero attached hydrogens (tertiary/aromatic N) is 2. The molecule has 1 aliphatic rings. The number of ether oxygens (including phenoxy) is 2. The van der Waals surface area contributed by atoms with Gasteiger partial charge in [0.2, 0.25) is 0 Å². The molecule has 0 fully saturated rings. The first-order valence-electron chi connectivity index (χ1n) is 4.56. The van der Waals surface area contributed by atoms with Gasteiger partial charge in [0.1, 0.15) is 5.16 Å². The molecule has 0 saturated heterocycles. The number of carbonyl (C=O) groups excluding carboxylic acids is 2. The van der Waals surface area contributed by atoms with Crippen molar-refractivity contribution in [3.63, 3.8) is 0 Å². The average molecular weight is 263 g/mol. The molecule has 0 saturated carbocycles. The quantitative estimate of drug-likeness (QED) is 0.527. The lowest BCUT2D eigenvalue weighted by Gasteiger charge is -2.26. The largest absolute Gasteiger partial charge is 0.467 e. The minimum Gasteiger partial charge on any atom is -0.467 e. The molecule has 17 heavy (non-hydrogen) atoms. The molecule has 0 N–H and O–H groups in total. The zero-order chi connectivity index (χ0) is 12.8. The molecular weight excluding hydrogens is 252 g/mol. The third-order valence-electron chi connectivity index (χ3n) is 1.85. The van der Waals surface area contributed by atoms with E-state index in [1.54, 1.807) is 0 Å². The van der Waals surface area contributed by atoms with E-state index in [2.05, 4.69) is 14.5 Å². The first-order valence-corrected chi connectivity index (χ1v) is 4.93. The minimum absolute atomic E-state index is 0.120. The van der Waals surface area contributed by atoms with Crippen molar-refractivity contribution in [1.29, 1.82) is 0 Å². The van der Waals surface area contributed by atoms with Crippen molar-refractivity contribution in [2.75, 3.05) is 20.8 Å². The van der Waals surface area contributed by atoms with Crippen molar-refractivity contribution in [3.8, 4) is 0 Å². The first kappa shape index (κ1) is 13.5. The highest BCUT2D eigenvalue weighted by atomic mass is 35.5. The molecule has 94 valence electrons. The van der Waals surface area contributed by atoms with Gasteiger partial charge in [-0.05, 0) is 0 Å². The number of hydrogen-bond donors (Lipinski definition) is 0. The van der Waals surface area contributed by atoms with Crippen molar-refractivity contribution in [2.24, 2.45) is 4.99 Å². The van der Waals surface area contributed by atoms with E-state index >= 15 is 0 Å². The fraction of sp³-hybridized carbons (Fsp3) is 0.444. The van der Waals surface area contributed by atoms with Crippen LogP contribution in [0.5, 0.6) is 0 Å². The standard InChI is InChI=1S/C9H11ClN2O5/c1-15-8(13)5-17-12-4-7(10)11-3-6(12)9(14)16-2/h3-4,6H,5H2,1-2H3. The Kier molecular flexibility index (Phi) is 4.92. The van der Waals surface area contributed by atoms with Gasteiger partial charge in [-0.25, -0.2) is 19.6 Å². The van der Waals surface area contributed by atoms with Gasteiger partial charge in [-0.3, -0.25) is 4.84 Å². The molecule has 1 aliphatic heterocycles. The van der Waals surface area contributed by atoms with Gasteiger partial charge in [0, 0.05) is 6.21 Å². The zero-order valence-electron chi connectivity index (χ0n) is 9.25. The van der Waals surface area contributed by atoms with Crippen LogP contribution in [0.2, 0.25) is 0 Å². The molecule has 0 aromatic carbocycles. The smallest absolute Gasteiger partial charge is 0.336 e. The Balaban J connectivity index is 2.67. The van der Waals surface area contributed by atoms with Crippen LogP contribution in [0.3, 0.4) is 0 Å². The summed E-state index contributed by atoms with van der Waals surface area (Å²) >= 11 is 5.65. The third kappa shape index (κ3) is 3.72. The molecule has 0 spiro atoms. The second-order valence-electron chi connectivity index (χ2n) is 2.91. The van der Waals surface area contributed by atoms with Gasteiger partial charge < -0.3 is 9.47 Å². The monoisotopic (exact) mass is 262 g/mol. The van der Waals surface area contributed by atoms with Crippen molar-refractivity contribution >= 4 is 29.8 Å². The van der Waals surface area contributed by atoms with Gasteiger partial charge in [-0.2, -0.15) is 0 Å². The van der Waals surface area contributed by atoms with Crippen molar-refractivity contribution in [2.45, 2.75) is 6.04 Å². The highest BCUT2D eigenvalue weighted by Gasteiger charge is 2.27. The number of esters is 2. The summed E-state index contributed by atoms with van der Waals surface area (Å²) in [5.74, 6) is -1.17. The number of carbonyl (C=O) groups is 2. The Bertz CT molecular complexity index is 368. The summed E-state index contributed by atoms with van der Waals surface area (Å²) in [7, 11) is 2.46. The molecule has 0 radical (unpaired) electrons. The molecule has 0 bridgehead atoms. The van der Waals surface area contributed by atoms with Crippen molar-refractivity contribution in [3.05, 3.63) is 11.4 Å². The fourth-order valence-corrected chi connectivity index (χ4v) is 1.17. The molecule has 1 rings (SSSR count). The SMILES string of the molecule is COC(=O)CON1C=C(Cl)N=CC1C(=O)OC. The first-order chi connectivity index (χ1) is 8.08. The summed E-state index contributed by atoms with van der Waals surface area (Å²) in [5, 5.41) is 1.20. The normalized spacial score (nSPS) is 18.6. The Morgan fingerprint density at radius 2 is 2.18 bits per heavy atom. The lowest BCUT2D eigenvalue weighted by Crippen LogP contribution is -2.42. The summed E-state index contributed by atoms with van der Waals surface area (Å²) in [4.78, 5) is 31.1. The molecule has 0 aromatic rings. The number of rotatable bonds is 4. The van der Waals surface area contributed by atoms with E-state index in [1.807, 2.05) is 0 Å². The lowest BCUT2D eigenvalue weighted by atomic mass is 10.3. The van der Waals surface area contributed by atoms with Gasteiger partial charge in [0.15, 0.2) is 12.6 Å². The van der Waals surface area contributed by atoms with Crippen LogP contribution < -0.4 is 0 Å². The predicted molar refractivity (Wildman–Crippen MR) is 58.0 cm³/mol. The average Bonchev–Trinajstić information content (AvgIpc) is 2.35. The fourth-order valence-electron chi connectivity index (χ4n) is 1.02. The van der Waals surface area contributed by atoms with Crippen LogP contribution in [0.4, 0.5) is 0 Å². The van der Waals surface area contributed by atoms with E-state index in [0.29, 0.717) is 0 Å². The van der Waals surface area contributed by atoms with Crippen molar-refractivity contribution in [1.82, 2.24) is 5.06 Å². The maximum absolute atomic E-state index is 11.4. The summed E-state index contributed by atoms with van der Waals surface area (Å²) in [6, 6.07) is -0.882. The maximum atomic E-state index is 11.4. The summed E-state index contributed by atoms with van der Waals surface area (Å²) in [6.07, 6.45) is 2.53. The number of hydrogen-bond acceptors (Lipinski definition) is 7. The summed E-state index contributed by atoms with van der Waals surface area (Å²) in [6.45, 7) is -0.349. The van der Waals surface area contributed by atoms with Gasteiger partial charge in [0.25, 0.3) is 0 Å². The van der Waals surface area contributed by atoms with Crippen LogP contribution in [-0.4, -0.2) is 50.1 Å². The topological polar surface area (TPSA) is 77.4 Å². The number of halogens is 1. The minimum atomic E-state index is -0.882. The van der Waals surface area contributed by atoms with Crippen LogP contribution in [0.1, 0.15) is 0 Å². The molecular formula is C9H11ClN2O5. The van der Waals surface area contributed by atoms with E-state index in [0.717, 1.165) is 5.06 Å². The Morgan fingerprint density at radius 1 is 1.47 bits per heavy atom. The molecule has 0 amide bonds. The number of methoxy groups -OCH3 is 2. The number of aliphatic imine (C=N–C) groups is 1. The molecule has 7 nitrogen and oxygen atoms in total. The highest BCUT2D eigenvalue weighted by molar-refractivity contribution is 6.30. The zero-order valence-corrected chi connectivity index (χ0v) is 10.0. The lowest BCUT2D eigenvalue weighted by molar-refractivity contribution is -0.182.